The first kappa shape index (κ1) is 12.5. The molecule has 0 saturated carbocycles. The van der Waals surface area contributed by atoms with Gasteiger partial charge in [-0.2, -0.15) is 4.98 Å². The van der Waals surface area contributed by atoms with Crippen molar-refractivity contribution in [3.8, 4) is 0 Å². The first-order valence-corrected chi connectivity index (χ1v) is 5.33. The summed E-state index contributed by atoms with van der Waals surface area (Å²) in [5.74, 6) is 0.581. The molecule has 0 spiro atoms. The van der Waals surface area contributed by atoms with Gasteiger partial charge in [-0.05, 0) is 24.9 Å². The minimum atomic E-state index is 0.127. The van der Waals surface area contributed by atoms with Gasteiger partial charge in [0.1, 0.15) is 5.02 Å². The van der Waals surface area contributed by atoms with Crippen LogP contribution >= 0.6 is 23.2 Å². The van der Waals surface area contributed by atoms with Crippen LogP contribution in [-0.4, -0.2) is 34.8 Å². The molecule has 1 aromatic rings. The second-order valence-corrected chi connectivity index (χ2v) is 4.03. The molecule has 1 N–H and O–H groups in total. The third-order valence-electron chi connectivity index (χ3n) is 2.24. The van der Waals surface area contributed by atoms with E-state index in [1.807, 2.05) is 18.9 Å². The van der Waals surface area contributed by atoms with Crippen molar-refractivity contribution in [1.29, 1.82) is 0 Å². The van der Waals surface area contributed by atoms with Gasteiger partial charge in [0.15, 0.2) is 5.82 Å². The second kappa shape index (κ2) is 5.49. The Labute approximate surface area is 98.9 Å². The van der Waals surface area contributed by atoms with Gasteiger partial charge in [-0.1, -0.05) is 11.6 Å². The number of aliphatic hydroxyl groups is 1. The maximum absolute atomic E-state index is 8.84. The van der Waals surface area contributed by atoms with Crippen molar-refractivity contribution < 1.29 is 5.11 Å². The van der Waals surface area contributed by atoms with E-state index in [2.05, 4.69) is 9.97 Å². The van der Waals surface area contributed by atoms with Crippen molar-refractivity contribution in [2.24, 2.45) is 0 Å². The number of hydrogen-bond acceptors (Lipinski definition) is 4. The standard InChI is InChI=1S/C9H13Cl2N3O/c1-6(3-4-15)14(2)8-7(10)5-12-9(11)13-8/h5-6,15H,3-4H2,1-2H3. The van der Waals surface area contributed by atoms with Crippen LogP contribution in [0.1, 0.15) is 13.3 Å². The average Bonchev–Trinajstić information content (AvgIpc) is 2.21. The maximum atomic E-state index is 8.84. The molecule has 1 unspecified atom stereocenters. The van der Waals surface area contributed by atoms with Crippen molar-refractivity contribution in [2.45, 2.75) is 19.4 Å². The molecule has 84 valence electrons. The lowest BCUT2D eigenvalue weighted by Gasteiger charge is -2.25. The number of rotatable bonds is 4. The summed E-state index contributed by atoms with van der Waals surface area (Å²) in [6.45, 7) is 2.10. The van der Waals surface area contributed by atoms with E-state index >= 15 is 0 Å². The number of aromatic nitrogens is 2. The first-order valence-electron chi connectivity index (χ1n) is 4.58. The Balaban J connectivity index is 2.89. The fraction of sp³-hybridized carbons (Fsp3) is 0.556. The molecule has 1 aromatic heterocycles. The Kier molecular flexibility index (Phi) is 4.57. The Hall–Kier alpha value is -0.580. The SMILES string of the molecule is CC(CCO)N(C)c1nc(Cl)ncc1Cl. The maximum Gasteiger partial charge on any atom is 0.224 e. The van der Waals surface area contributed by atoms with Gasteiger partial charge in [0.05, 0.1) is 6.20 Å². The second-order valence-electron chi connectivity index (χ2n) is 3.28. The molecule has 0 amide bonds. The zero-order valence-electron chi connectivity index (χ0n) is 8.61. The molecule has 1 rings (SSSR count). The van der Waals surface area contributed by atoms with Crippen LogP contribution < -0.4 is 4.90 Å². The van der Waals surface area contributed by atoms with Gasteiger partial charge in [-0.25, -0.2) is 4.98 Å². The molecule has 4 nitrogen and oxygen atoms in total. The predicted octanol–water partition coefficient (Wildman–Crippen LogP) is 1.99. The van der Waals surface area contributed by atoms with Crippen LogP contribution in [0.3, 0.4) is 0 Å². The molecule has 0 saturated heterocycles. The van der Waals surface area contributed by atoms with E-state index < -0.39 is 0 Å². The fourth-order valence-corrected chi connectivity index (χ4v) is 1.53. The lowest BCUT2D eigenvalue weighted by Crippen LogP contribution is -2.30. The molecule has 1 atom stereocenters. The molecule has 0 aliphatic heterocycles. The molecule has 0 radical (unpaired) electrons. The zero-order valence-corrected chi connectivity index (χ0v) is 10.1. The lowest BCUT2D eigenvalue weighted by molar-refractivity contribution is 0.277. The van der Waals surface area contributed by atoms with E-state index in [4.69, 9.17) is 28.3 Å². The van der Waals surface area contributed by atoms with Crippen LogP contribution in [0.4, 0.5) is 5.82 Å². The first-order chi connectivity index (χ1) is 7.06. The van der Waals surface area contributed by atoms with Gasteiger partial charge in [-0.3, -0.25) is 0 Å². The summed E-state index contributed by atoms with van der Waals surface area (Å²) in [5.41, 5.74) is 0. The molecular weight excluding hydrogens is 237 g/mol. The van der Waals surface area contributed by atoms with Crippen molar-refractivity contribution in [3.63, 3.8) is 0 Å². The summed E-state index contributed by atoms with van der Waals surface area (Å²) in [4.78, 5) is 9.68. The average molecular weight is 250 g/mol. The Morgan fingerprint density at radius 1 is 1.53 bits per heavy atom. The number of nitrogens with zero attached hydrogens (tertiary/aromatic N) is 3. The third kappa shape index (κ3) is 3.19. The number of hydrogen-bond donors (Lipinski definition) is 1. The number of anilines is 1. The summed E-state index contributed by atoms with van der Waals surface area (Å²) >= 11 is 11.6. The summed E-state index contributed by atoms with van der Waals surface area (Å²) in [6, 6.07) is 0.137. The quantitative estimate of drug-likeness (QED) is 0.830. The van der Waals surface area contributed by atoms with Gasteiger partial charge in [0.25, 0.3) is 0 Å². The molecule has 0 fully saturated rings. The van der Waals surface area contributed by atoms with Crippen LogP contribution in [0.15, 0.2) is 6.20 Å². The van der Waals surface area contributed by atoms with Crippen molar-refractivity contribution >= 4 is 29.0 Å². The van der Waals surface area contributed by atoms with Crippen LogP contribution in [0.25, 0.3) is 0 Å². The summed E-state index contributed by atoms with van der Waals surface area (Å²) in [5, 5.41) is 9.45. The summed E-state index contributed by atoms with van der Waals surface area (Å²) in [6.07, 6.45) is 2.11. The topological polar surface area (TPSA) is 49.2 Å². The molecule has 6 heteroatoms. The third-order valence-corrected chi connectivity index (χ3v) is 2.69. The minimum absolute atomic E-state index is 0.127. The summed E-state index contributed by atoms with van der Waals surface area (Å²) < 4.78 is 0. The van der Waals surface area contributed by atoms with Crippen LogP contribution in [0.2, 0.25) is 10.3 Å². The van der Waals surface area contributed by atoms with Gasteiger partial charge < -0.3 is 10.0 Å². The predicted molar refractivity (Wildman–Crippen MR) is 61.6 cm³/mol. The van der Waals surface area contributed by atoms with Gasteiger partial charge in [0.2, 0.25) is 5.28 Å². The van der Waals surface area contributed by atoms with Crippen LogP contribution in [0.5, 0.6) is 0 Å². The molecular formula is C9H13Cl2N3O. The van der Waals surface area contributed by atoms with Crippen molar-refractivity contribution in [2.75, 3.05) is 18.6 Å². The van der Waals surface area contributed by atoms with E-state index in [1.54, 1.807) is 0 Å². The van der Waals surface area contributed by atoms with Crippen LogP contribution in [0, 0.1) is 0 Å². The largest absolute Gasteiger partial charge is 0.396 e. The summed E-state index contributed by atoms with van der Waals surface area (Å²) in [7, 11) is 1.85. The Morgan fingerprint density at radius 3 is 2.80 bits per heavy atom. The highest BCUT2D eigenvalue weighted by atomic mass is 35.5. The minimum Gasteiger partial charge on any atom is -0.396 e. The highest BCUT2D eigenvalue weighted by Gasteiger charge is 2.14. The van der Waals surface area contributed by atoms with Gasteiger partial charge in [0, 0.05) is 19.7 Å². The number of halogens is 2. The van der Waals surface area contributed by atoms with Crippen molar-refractivity contribution in [3.05, 3.63) is 16.5 Å². The normalized spacial score (nSPS) is 12.6. The molecule has 15 heavy (non-hydrogen) atoms. The molecule has 1 heterocycles. The highest BCUT2D eigenvalue weighted by molar-refractivity contribution is 6.33. The van der Waals surface area contributed by atoms with Gasteiger partial charge in [-0.15, -0.1) is 0 Å². The smallest absolute Gasteiger partial charge is 0.224 e. The van der Waals surface area contributed by atoms with Gasteiger partial charge >= 0.3 is 0 Å². The van der Waals surface area contributed by atoms with E-state index in [1.165, 1.54) is 6.20 Å². The zero-order chi connectivity index (χ0) is 11.4. The van der Waals surface area contributed by atoms with E-state index in [-0.39, 0.29) is 17.9 Å². The Bertz CT molecular complexity index is 335. The van der Waals surface area contributed by atoms with E-state index in [9.17, 15) is 0 Å². The van der Waals surface area contributed by atoms with Crippen LogP contribution in [-0.2, 0) is 0 Å². The van der Waals surface area contributed by atoms with E-state index in [0.29, 0.717) is 17.3 Å². The number of aliphatic hydroxyl groups excluding tert-OH is 1. The monoisotopic (exact) mass is 249 g/mol. The lowest BCUT2D eigenvalue weighted by atomic mass is 10.2. The van der Waals surface area contributed by atoms with E-state index in [0.717, 1.165) is 0 Å². The molecule has 0 aliphatic rings. The fourth-order valence-electron chi connectivity index (χ4n) is 1.17. The van der Waals surface area contributed by atoms with Crippen molar-refractivity contribution in [1.82, 2.24) is 9.97 Å². The Morgan fingerprint density at radius 2 is 2.20 bits per heavy atom. The molecule has 0 aliphatic carbocycles. The molecule has 0 bridgehead atoms. The highest BCUT2D eigenvalue weighted by Crippen LogP contribution is 2.24. The molecule has 0 aromatic carbocycles.